The van der Waals surface area contributed by atoms with E-state index in [9.17, 15) is 12.8 Å². The van der Waals surface area contributed by atoms with Crippen molar-refractivity contribution < 1.29 is 17.9 Å². The Bertz CT molecular complexity index is 531. The van der Waals surface area contributed by atoms with E-state index in [1.165, 1.54) is 12.1 Å². The largest absolute Gasteiger partial charge is 0.396 e. The Morgan fingerprint density at radius 2 is 2.06 bits per heavy atom. The average molecular weight is 340 g/mol. The second-order valence-corrected chi connectivity index (χ2v) is 7.34. The molecule has 7 heteroatoms. The van der Waals surface area contributed by atoms with Crippen LogP contribution in [-0.4, -0.2) is 26.7 Å². The molecule has 1 rings (SSSR count). The molecule has 0 aliphatic rings. The third-order valence-electron chi connectivity index (χ3n) is 2.37. The second kappa shape index (κ2) is 5.64. The van der Waals surface area contributed by atoms with Gasteiger partial charge in [0.1, 0.15) is 5.82 Å². The number of aliphatic hydroxyl groups excluding tert-OH is 1. The summed E-state index contributed by atoms with van der Waals surface area (Å²) in [7, 11) is -3.76. The van der Waals surface area contributed by atoms with Gasteiger partial charge in [-0.2, -0.15) is 0 Å². The molecular weight excluding hydrogens is 325 g/mol. The van der Waals surface area contributed by atoms with Gasteiger partial charge in [0.25, 0.3) is 0 Å². The van der Waals surface area contributed by atoms with E-state index < -0.39 is 21.3 Å². The number of nitrogens with one attached hydrogen (secondary N) is 1. The molecule has 0 heterocycles. The van der Waals surface area contributed by atoms with Gasteiger partial charge in [-0.05, 0) is 34.1 Å². The molecule has 0 saturated carbocycles. The van der Waals surface area contributed by atoms with Crippen molar-refractivity contribution in [1.29, 1.82) is 0 Å². The summed E-state index contributed by atoms with van der Waals surface area (Å²) in [6, 6.07) is 3.58. The summed E-state index contributed by atoms with van der Waals surface area (Å²) in [5, 5.41) is 9.04. The molecule has 0 unspecified atom stereocenters. The number of halogens is 2. The molecule has 1 aromatic rings. The highest BCUT2D eigenvalue weighted by Gasteiger charge is 2.22. The number of benzene rings is 1. The molecule has 18 heavy (non-hydrogen) atoms. The van der Waals surface area contributed by atoms with Crippen LogP contribution in [0.3, 0.4) is 0 Å². The van der Waals surface area contributed by atoms with Crippen LogP contribution >= 0.6 is 15.9 Å². The molecule has 2 N–H and O–H groups in total. The lowest BCUT2D eigenvalue weighted by molar-refractivity contribution is 0.163. The highest BCUT2D eigenvalue weighted by Crippen LogP contribution is 2.20. The molecule has 0 bridgehead atoms. The van der Waals surface area contributed by atoms with Gasteiger partial charge >= 0.3 is 0 Å². The summed E-state index contributed by atoms with van der Waals surface area (Å²) in [5.41, 5.74) is -0.568. The van der Waals surface area contributed by atoms with Crippen LogP contribution in [0, 0.1) is 11.2 Å². The molecule has 0 atom stereocenters. The Morgan fingerprint density at radius 3 is 2.56 bits per heavy atom. The zero-order chi connectivity index (χ0) is 14.0. The lowest BCUT2D eigenvalue weighted by Crippen LogP contribution is -2.36. The zero-order valence-electron chi connectivity index (χ0n) is 10.1. The van der Waals surface area contributed by atoms with E-state index in [1.807, 2.05) is 0 Å². The minimum atomic E-state index is -3.76. The molecule has 0 spiro atoms. The maximum Gasteiger partial charge on any atom is 0.240 e. The van der Waals surface area contributed by atoms with Crippen LogP contribution in [-0.2, 0) is 10.0 Å². The van der Waals surface area contributed by atoms with Crippen molar-refractivity contribution in [3.8, 4) is 0 Å². The second-order valence-electron chi connectivity index (χ2n) is 4.72. The van der Waals surface area contributed by atoms with E-state index in [4.69, 9.17) is 5.11 Å². The van der Waals surface area contributed by atoms with Crippen LogP contribution in [0.4, 0.5) is 4.39 Å². The molecule has 0 fully saturated rings. The number of aliphatic hydroxyl groups is 1. The predicted octanol–water partition coefficient (Wildman–Crippen LogP) is 1.89. The number of rotatable bonds is 5. The summed E-state index contributed by atoms with van der Waals surface area (Å²) >= 11 is 2.95. The van der Waals surface area contributed by atoms with Crippen molar-refractivity contribution in [3.05, 3.63) is 28.5 Å². The Hall–Kier alpha value is -0.500. The SMILES string of the molecule is CC(C)(CO)CNS(=O)(=O)c1ccc(Br)c(F)c1. The maximum absolute atomic E-state index is 13.3. The third kappa shape index (κ3) is 4.01. The van der Waals surface area contributed by atoms with Gasteiger partial charge in [0.15, 0.2) is 0 Å². The first-order chi connectivity index (χ1) is 8.18. The fraction of sp³-hybridized carbons (Fsp3) is 0.455. The predicted molar refractivity (Wildman–Crippen MR) is 70.2 cm³/mol. The molecule has 0 radical (unpaired) electrons. The van der Waals surface area contributed by atoms with Gasteiger partial charge in [-0.15, -0.1) is 0 Å². The van der Waals surface area contributed by atoms with Crippen molar-refractivity contribution in [2.45, 2.75) is 18.7 Å². The van der Waals surface area contributed by atoms with E-state index in [2.05, 4.69) is 20.7 Å². The van der Waals surface area contributed by atoms with Gasteiger partial charge in [-0.25, -0.2) is 17.5 Å². The standard InChI is InChI=1S/C11H15BrFNO3S/c1-11(2,7-15)6-14-18(16,17)8-3-4-9(12)10(13)5-8/h3-5,14-15H,6-7H2,1-2H3. The number of hydrogen-bond acceptors (Lipinski definition) is 3. The van der Waals surface area contributed by atoms with Crippen molar-refractivity contribution in [1.82, 2.24) is 4.72 Å². The molecule has 0 aliphatic carbocycles. The zero-order valence-corrected chi connectivity index (χ0v) is 12.5. The van der Waals surface area contributed by atoms with Gasteiger partial charge in [0.05, 0.1) is 9.37 Å². The quantitative estimate of drug-likeness (QED) is 0.860. The Kier molecular flexibility index (Phi) is 4.88. The average Bonchev–Trinajstić information content (AvgIpc) is 2.30. The molecule has 0 amide bonds. The van der Waals surface area contributed by atoms with Gasteiger partial charge in [-0.3, -0.25) is 0 Å². The molecule has 0 saturated heterocycles. The van der Waals surface area contributed by atoms with Crippen molar-refractivity contribution in [2.75, 3.05) is 13.2 Å². The lowest BCUT2D eigenvalue weighted by atomic mass is 9.96. The van der Waals surface area contributed by atoms with Crippen LogP contribution in [0.25, 0.3) is 0 Å². The summed E-state index contributed by atoms with van der Waals surface area (Å²) in [6.45, 7) is 3.36. The minimum Gasteiger partial charge on any atom is -0.396 e. The minimum absolute atomic E-state index is 0.0729. The summed E-state index contributed by atoms with van der Waals surface area (Å²) in [5.74, 6) is -0.640. The Balaban J connectivity index is 2.90. The van der Waals surface area contributed by atoms with Gasteiger partial charge in [0, 0.05) is 18.6 Å². The highest BCUT2D eigenvalue weighted by atomic mass is 79.9. The molecule has 0 aliphatic heterocycles. The van der Waals surface area contributed by atoms with Crippen molar-refractivity contribution in [3.63, 3.8) is 0 Å². The first-order valence-electron chi connectivity index (χ1n) is 5.23. The topological polar surface area (TPSA) is 66.4 Å². The van der Waals surface area contributed by atoms with E-state index in [1.54, 1.807) is 13.8 Å². The highest BCUT2D eigenvalue weighted by molar-refractivity contribution is 9.10. The number of sulfonamides is 1. The van der Waals surface area contributed by atoms with Gasteiger partial charge in [0.2, 0.25) is 10.0 Å². The molecule has 1 aromatic carbocycles. The molecule has 102 valence electrons. The van der Waals surface area contributed by atoms with E-state index in [0.717, 1.165) is 6.07 Å². The maximum atomic E-state index is 13.3. The monoisotopic (exact) mass is 339 g/mol. The summed E-state index contributed by atoms with van der Waals surface area (Å²) in [6.07, 6.45) is 0. The molecular formula is C11H15BrFNO3S. The molecule has 4 nitrogen and oxygen atoms in total. The van der Waals surface area contributed by atoms with E-state index >= 15 is 0 Å². The fourth-order valence-electron chi connectivity index (χ4n) is 1.07. The van der Waals surface area contributed by atoms with Crippen LogP contribution in [0.2, 0.25) is 0 Å². The summed E-state index contributed by atoms with van der Waals surface area (Å²) < 4.78 is 39.6. The third-order valence-corrected chi connectivity index (χ3v) is 4.41. The molecule has 0 aromatic heterocycles. The smallest absolute Gasteiger partial charge is 0.240 e. The first-order valence-corrected chi connectivity index (χ1v) is 7.51. The van der Waals surface area contributed by atoms with Crippen molar-refractivity contribution >= 4 is 26.0 Å². The van der Waals surface area contributed by atoms with Gasteiger partial charge in [-0.1, -0.05) is 13.8 Å². The fourth-order valence-corrected chi connectivity index (χ4v) is 2.57. The van der Waals surface area contributed by atoms with E-state index in [0.29, 0.717) is 0 Å². The van der Waals surface area contributed by atoms with Gasteiger partial charge < -0.3 is 5.11 Å². The van der Waals surface area contributed by atoms with Crippen LogP contribution in [0.1, 0.15) is 13.8 Å². The number of hydrogen-bond donors (Lipinski definition) is 2. The van der Waals surface area contributed by atoms with Crippen molar-refractivity contribution in [2.24, 2.45) is 5.41 Å². The van der Waals surface area contributed by atoms with Crippen LogP contribution < -0.4 is 4.72 Å². The van der Waals surface area contributed by atoms with E-state index in [-0.39, 0.29) is 22.5 Å². The van der Waals surface area contributed by atoms with Crippen LogP contribution in [0.15, 0.2) is 27.6 Å². The van der Waals surface area contributed by atoms with Crippen LogP contribution in [0.5, 0.6) is 0 Å². The Morgan fingerprint density at radius 1 is 1.44 bits per heavy atom. The Labute approximate surface area is 114 Å². The first kappa shape index (κ1) is 15.6. The summed E-state index contributed by atoms with van der Waals surface area (Å²) in [4.78, 5) is -0.142. The lowest BCUT2D eigenvalue weighted by Gasteiger charge is -2.21. The normalized spacial score (nSPS) is 12.7.